The molecule has 0 rings (SSSR count). The predicted molar refractivity (Wildman–Crippen MR) is 37.0 cm³/mol. The summed E-state index contributed by atoms with van der Waals surface area (Å²) in [4.78, 5) is 9.98. The maximum atomic E-state index is 9.98. The minimum Gasteiger partial charge on any atom is -0.275 e. The molecule has 0 spiro atoms. The first-order valence-corrected chi connectivity index (χ1v) is 3.17. The first kappa shape index (κ1) is 11.5. The van der Waals surface area contributed by atoms with Crippen molar-refractivity contribution in [2.24, 2.45) is 0 Å². The average molecular weight is 200 g/mol. The Morgan fingerprint density at radius 1 is 1.88 bits per heavy atom. The Bertz CT molecular complexity index is 84.1. The van der Waals surface area contributed by atoms with E-state index in [-0.39, 0.29) is 23.9 Å². The van der Waals surface area contributed by atoms with E-state index in [1.165, 1.54) is 0 Å². The molecule has 0 saturated carbocycles. The molecule has 0 N–H and O–H groups in total. The van der Waals surface area contributed by atoms with Gasteiger partial charge in [-0.15, -0.1) is 6.58 Å². The SMILES string of the molecule is C=CCSC(=O)S.[Zn]. The zero-order chi connectivity index (χ0) is 5.70. The molecule has 8 heavy (non-hydrogen) atoms. The van der Waals surface area contributed by atoms with Gasteiger partial charge in [0, 0.05) is 25.2 Å². The van der Waals surface area contributed by atoms with E-state index in [2.05, 4.69) is 19.2 Å². The summed E-state index contributed by atoms with van der Waals surface area (Å²) in [6.07, 6.45) is 1.67. The summed E-state index contributed by atoms with van der Waals surface area (Å²) < 4.78 is -0.153. The van der Waals surface area contributed by atoms with Gasteiger partial charge in [-0.25, -0.2) is 0 Å². The molecule has 1 nitrogen and oxygen atoms in total. The van der Waals surface area contributed by atoms with Crippen molar-refractivity contribution in [3.8, 4) is 0 Å². The van der Waals surface area contributed by atoms with Crippen molar-refractivity contribution < 1.29 is 24.3 Å². The van der Waals surface area contributed by atoms with Crippen LogP contribution in [-0.4, -0.2) is 10.2 Å². The van der Waals surface area contributed by atoms with Gasteiger partial charge < -0.3 is 0 Å². The maximum Gasteiger partial charge on any atom is 0.243 e. The third-order valence-corrected chi connectivity index (χ3v) is 1.36. The van der Waals surface area contributed by atoms with E-state index in [1.807, 2.05) is 0 Å². The molecule has 0 heterocycles. The molecule has 4 heteroatoms. The van der Waals surface area contributed by atoms with Crippen LogP contribution < -0.4 is 0 Å². The first-order valence-electron chi connectivity index (χ1n) is 1.74. The molecule has 0 aromatic heterocycles. The molecule has 0 atom stereocenters. The number of hydrogen-bond donors (Lipinski definition) is 1. The van der Waals surface area contributed by atoms with Gasteiger partial charge in [-0.2, -0.15) is 0 Å². The fraction of sp³-hybridized carbons (Fsp3) is 0.250. The van der Waals surface area contributed by atoms with Crippen LogP contribution >= 0.6 is 24.4 Å². The maximum absolute atomic E-state index is 9.98. The molecule has 0 fully saturated rings. The van der Waals surface area contributed by atoms with E-state index in [0.717, 1.165) is 11.8 Å². The molecular formula is C4H6OS2Zn. The van der Waals surface area contributed by atoms with Crippen LogP contribution in [0.4, 0.5) is 4.79 Å². The van der Waals surface area contributed by atoms with Crippen molar-refractivity contribution in [2.45, 2.75) is 0 Å². The Morgan fingerprint density at radius 3 is 2.50 bits per heavy atom. The van der Waals surface area contributed by atoms with Crippen molar-refractivity contribution in [2.75, 3.05) is 5.75 Å². The van der Waals surface area contributed by atoms with Gasteiger partial charge in [0.25, 0.3) is 0 Å². The predicted octanol–water partition coefficient (Wildman–Crippen LogP) is 1.95. The normalized spacial score (nSPS) is 7.12. The van der Waals surface area contributed by atoms with Gasteiger partial charge in [0.05, 0.1) is 0 Å². The van der Waals surface area contributed by atoms with Gasteiger partial charge in [0.15, 0.2) is 0 Å². The van der Waals surface area contributed by atoms with Crippen LogP contribution in [0.15, 0.2) is 12.7 Å². The molecular weight excluding hydrogens is 194 g/mol. The quantitative estimate of drug-likeness (QED) is 0.416. The van der Waals surface area contributed by atoms with Crippen molar-refractivity contribution in [1.82, 2.24) is 0 Å². The van der Waals surface area contributed by atoms with Crippen molar-refractivity contribution in [3.63, 3.8) is 0 Å². The van der Waals surface area contributed by atoms with Gasteiger partial charge in [-0.05, 0) is 0 Å². The minimum atomic E-state index is -0.153. The summed E-state index contributed by atoms with van der Waals surface area (Å²) >= 11 is 4.65. The number of hydrogen-bond acceptors (Lipinski definition) is 2. The van der Waals surface area contributed by atoms with E-state index >= 15 is 0 Å². The summed E-state index contributed by atoms with van der Waals surface area (Å²) in [5.41, 5.74) is 0. The molecule has 0 unspecified atom stereocenters. The van der Waals surface area contributed by atoms with Crippen LogP contribution in [0.25, 0.3) is 0 Å². The van der Waals surface area contributed by atoms with Gasteiger partial charge in [-0.1, -0.05) is 30.5 Å². The molecule has 0 saturated heterocycles. The average Bonchev–Trinajstić information content (AvgIpc) is 1.61. The molecule has 0 aliphatic rings. The Kier molecular flexibility index (Phi) is 11.1. The van der Waals surface area contributed by atoms with E-state index < -0.39 is 0 Å². The second-order valence-electron chi connectivity index (χ2n) is 0.866. The van der Waals surface area contributed by atoms with Gasteiger partial charge in [-0.3, -0.25) is 4.79 Å². The number of carbonyl (C=O) groups excluding carboxylic acids is 1. The fourth-order valence-corrected chi connectivity index (χ4v) is 0.614. The second kappa shape index (κ2) is 7.73. The molecule has 0 amide bonds. The van der Waals surface area contributed by atoms with Crippen LogP contribution in [0.5, 0.6) is 0 Å². The van der Waals surface area contributed by atoms with E-state index in [0.29, 0.717) is 5.75 Å². The van der Waals surface area contributed by atoms with Crippen LogP contribution in [0.2, 0.25) is 0 Å². The Hall–Kier alpha value is 0.733. The van der Waals surface area contributed by atoms with E-state index in [9.17, 15) is 4.79 Å². The largest absolute Gasteiger partial charge is 0.275 e. The van der Waals surface area contributed by atoms with Gasteiger partial charge in [0.1, 0.15) is 0 Å². The fourth-order valence-electron chi connectivity index (χ4n) is 0.130. The molecule has 0 aliphatic carbocycles. The van der Waals surface area contributed by atoms with Crippen LogP contribution in [0.1, 0.15) is 0 Å². The van der Waals surface area contributed by atoms with Crippen LogP contribution in [-0.2, 0) is 19.5 Å². The van der Waals surface area contributed by atoms with Gasteiger partial charge >= 0.3 is 0 Å². The van der Waals surface area contributed by atoms with Gasteiger partial charge in [0.2, 0.25) is 4.45 Å². The van der Waals surface area contributed by atoms with Crippen molar-refractivity contribution in [3.05, 3.63) is 12.7 Å². The molecule has 0 aromatic carbocycles. The minimum absolute atomic E-state index is 0. The summed E-state index contributed by atoms with van der Waals surface area (Å²) in [5, 5.41) is 0. The summed E-state index contributed by atoms with van der Waals surface area (Å²) in [6.45, 7) is 3.43. The molecule has 0 bridgehead atoms. The van der Waals surface area contributed by atoms with Crippen molar-refractivity contribution in [1.29, 1.82) is 0 Å². The number of rotatable bonds is 2. The smallest absolute Gasteiger partial charge is 0.243 e. The molecule has 0 aromatic rings. The second-order valence-corrected chi connectivity index (χ2v) is 2.57. The molecule has 42 valence electrons. The monoisotopic (exact) mass is 198 g/mol. The Labute approximate surface area is 71.5 Å². The van der Waals surface area contributed by atoms with Crippen LogP contribution in [0, 0.1) is 0 Å². The van der Waals surface area contributed by atoms with Crippen molar-refractivity contribution >= 4 is 28.8 Å². The van der Waals surface area contributed by atoms with E-state index in [4.69, 9.17) is 0 Å². The third kappa shape index (κ3) is 9.88. The zero-order valence-corrected chi connectivity index (χ0v) is 9.14. The number of carbonyl (C=O) groups is 1. The third-order valence-electron chi connectivity index (χ3n) is 0.325. The zero-order valence-electron chi connectivity index (χ0n) is 4.46. The van der Waals surface area contributed by atoms with E-state index in [1.54, 1.807) is 6.08 Å². The molecule has 0 aliphatic heterocycles. The standard InChI is InChI=1S/C4H6OS2.Zn/c1-2-3-7-4(5)6;/h2H,1,3H2,(H,5,6);. The number of thiol groups is 1. The topological polar surface area (TPSA) is 17.1 Å². The Morgan fingerprint density at radius 2 is 2.38 bits per heavy atom. The summed E-state index contributed by atoms with van der Waals surface area (Å²) in [7, 11) is 0. The van der Waals surface area contributed by atoms with Crippen LogP contribution in [0.3, 0.4) is 0 Å². The number of thioether (sulfide) groups is 1. The first-order chi connectivity index (χ1) is 3.27. The summed E-state index contributed by atoms with van der Waals surface area (Å²) in [5.74, 6) is 0.655. The Balaban J connectivity index is 0. The summed E-state index contributed by atoms with van der Waals surface area (Å²) in [6, 6.07) is 0. The molecule has 0 radical (unpaired) electrons.